The second-order valence-electron chi connectivity index (χ2n) is 4.87. The largest absolute Gasteiger partial charge is 0.478 e. The van der Waals surface area contributed by atoms with Gasteiger partial charge in [-0.1, -0.05) is 6.07 Å². The molecule has 0 aliphatic rings. The van der Waals surface area contributed by atoms with Crippen LogP contribution in [-0.2, 0) is 0 Å². The zero-order valence-corrected chi connectivity index (χ0v) is 12.1. The van der Waals surface area contributed by atoms with Crippen LogP contribution in [0.2, 0.25) is 0 Å². The van der Waals surface area contributed by atoms with E-state index in [0.717, 1.165) is 18.5 Å². The van der Waals surface area contributed by atoms with Crippen LogP contribution in [0.3, 0.4) is 0 Å². The van der Waals surface area contributed by atoms with Crippen LogP contribution < -0.4 is 10.6 Å². The molecule has 0 unspecified atom stereocenters. The first-order chi connectivity index (χ1) is 9.40. The molecule has 0 saturated carbocycles. The number of nitrogens with zero attached hydrogens (tertiary/aromatic N) is 1. The second-order valence-corrected chi connectivity index (χ2v) is 4.87. The summed E-state index contributed by atoms with van der Waals surface area (Å²) in [6.45, 7) is 3.28. The fourth-order valence-electron chi connectivity index (χ4n) is 1.65. The lowest BCUT2D eigenvalue weighted by molar-refractivity contribution is 0.0697. The Hall–Kier alpha value is -2.08. The zero-order valence-electron chi connectivity index (χ0n) is 12.1. The molecule has 0 aliphatic heterocycles. The Morgan fingerprint density at radius 3 is 2.60 bits per heavy atom. The molecule has 0 bridgehead atoms. The van der Waals surface area contributed by atoms with Crippen molar-refractivity contribution in [2.24, 2.45) is 0 Å². The Morgan fingerprint density at radius 2 is 2.00 bits per heavy atom. The number of carbonyl (C=O) groups is 2. The number of carboxylic acid groups (broad SMARTS) is 1. The van der Waals surface area contributed by atoms with Gasteiger partial charge in [-0.2, -0.15) is 0 Å². The molecule has 0 radical (unpaired) electrons. The SMILES string of the molecule is Cc1ccc(C(=O)O)cc1NC(=O)NCCCN(C)C. The standard InChI is InChI=1S/C14H21N3O3/c1-10-5-6-11(13(18)19)9-12(10)16-14(20)15-7-4-8-17(2)3/h5-6,9H,4,7-8H2,1-3H3,(H,18,19)(H2,15,16,20). The fourth-order valence-corrected chi connectivity index (χ4v) is 1.65. The summed E-state index contributed by atoms with van der Waals surface area (Å²) in [6.07, 6.45) is 0.856. The van der Waals surface area contributed by atoms with Gasteiger partial charge in [0.1, 0.15) is 0 Å². The smallest absolute Gasteiger partial charge is 0.335 e. The van der Waals surface area contributed by atoms with Gasteiger partial charge in [0.05, 0.1) is 5.56 Å². The van der Waals surface area contributed by atoms with E-state index in [4.69, 9.17) is 5.11 Å². The number of aryl methyl sites for hydroxylation is 1. The summed E-state index contributed by atoms with van der Waals surface area (Å²) in [5.74, 6) is -1.01. The van der Waals surface area contributed by atoms with Gasteiger partial charge < -0.3 is 20.6 Å². The summed E-state index contributed by atoms with van der Waals surface area (Å²) in [5, 5.41) is 14.3. The number of aromatic carboxylic acids is 1. The lowest BCUT2D eigenvalue weighted by Gasteiger charge is -2.12. The molecule has 1 rings (SSSR count). The molecule has 2 amide bonds. The van der Waals surface area contributed by atoms with Gasteiger partial charge in [-0.3, -0.25) is 0 Å². The minimum absolute atomic E-state index is 0.151. The van der Waals surface area contributed by atoms with E-state index >= 15 is 0 Å². The van der Waals surface area contributed by atoms with E-state index in [1.807, 2.05) is 25.9 Å². The quantitative estimate of drug-likeness (QED) is 0.693. The predicted octanol–water partition coefficient (Wildman–Crippen LogP) is 1.77. The van der Waals surface area contributed by atoms with Crippen molar-refractivity contribution >= 4 is 17.7 Å². The number of rotatable bonds is 6. The first kappa shape index (κ1) is 16.0. The summed E-state index contributed by atoms with van der Waals surface area (Å²) < 4.78 is 0. The van der Waals surface area contributed by atoms with Crippen LogP contribution in [0.1, 0.15) is 22.3 Å². The van der Waals surface area contributed by atoms with Crippen LogP contribution in [0, 0.1) is 6.92 Å². The number of carbonyl (C=O) groups excluding carboxylic acids is 1. The summed E-state index contributed by atoms with van der Waals surface area (Å²) in [4.78, 5) is 24.6. The van der Waals surface area contributed by atoms with Crippen molar-refractivity contribution in [3.8, 4) is 0 Å². The van der Waals surface area contributed by atoms with Crippen molar-refractivity contribution in [1.82, 2.24) is 10.2 Å². The van der Waals surface area contributed by atoms with Gasteiger partial charge in [-0.15, -0.1) is 0 Å². The Bertz CT molecular complexity index is 487. The molecule has 1 aromatic carbocycles. The third kappa shape index (κ3) is 5.27. The number of amides is 2. The summed E-state index contributed by atoms with van der Waals surface area (Å²) in [6, 6.07) is 4.31. The summed E-state index contributed by atoms with van der Waals surface area (Å²) >= 11 is 0. The number of carboxylic acids is 1. The molecule has 0 aliphatic carbocycles. The molecule has 0 heterocycles. The Morgan fingerprint density at radius 1 is 1.30 bits per heavy atom. The molecule has 0 saturated heterocycles. The molecule has 3 N–H and O–H groups in total. The highest BCUT2D eigenvalue weighted by atomic mass is 16.4. The summed E-state index contributed by atoms with van der Waals surface area (Å²) in [5.41, 5.74) is 1.48. The normalized spacial score (nSPS) is 10.4. The number of hydrogen-bond acceptors (Lipinski definition) is 3. The minimum Gasteiger partial charge on any atom is -0.478 e. The van der Waals surface area contributed by atoms with Crippen LogP contribution in [-0.4, -0.2) is 49.2 Å². The van der Waals surface area contributed by atoms with Crippen molar-refractivity contribution in [2.45, 2.75) is 13.3 Å². The van der Waals surface area contributed by atoms with Crippen LogP contribution in [0.15, 0.2) is 18.2 Å². The van der Waals surface area contributed by atoms with Crippen molar-refractivity contribution in [3.05, 3.63) is 29.3 Å². The lowest BCUT2D eigenvalue weighted by atomic mass is 10.1. The lowest BCUT2D eigenvalue weighted by Crippen LogP contribution is -2.31. The fraction of sp³-hybridized carbons (Fsp3) is 0.429. The van der Waals surface area contributed by atoms with E-state index < -0.39 is 5.97 Å². The third-order valence-electron chi connectivity index (χ3n) is 2.80. The highest BCUT2D eigenvalue weighted by molar-refractivity contribution is 5.93. The van der Waals surface area contributed by atoms with Gasteiger partial charge in [-0.25, -0.2) is 9.59 Å². The van der Waals surface area contributed by atoms with Gasteiger partial charge >= 0.3 is 12.0 Å². The minimum atomic E-state index is -1.01. The first-order valence-corrected chi connectivity index (χ1v) is 6.43. The third-order valence-corrected chi connectivity index (χ3v) is 2.80. The van der Waals surface area contributed by atoms with E-state index in [0.29, 0.717) is 12.2 Å². The number of hydrogen-bond donors (Lipinski definition) is 3. The number of benzene rings is 1. The molecule has 0 spiro atoms. The molecule has 0 atom stereocenters. The Kier molecular flexibility index (Phi) is 5.99. The van der Waals surface area contributed by atoms with Crippen LogP contribution in [0.25, 0.3) is 0 Å². The zero-order chi connectivity index (χ0) is 15.1. The molecule has 20 heavy (non-hydrogen) atoms. The molecular formula is C14H21N3O3. The Labute approximate surface area is 118 Å². The van der Waals surface area contributed by atoms with Crippen LogP contribution >= 0.6 is 0 Å². The van der Waals surface area contributed by atoms with Gasteiger partial charge in [0.15, 0.2) is 0 Å². The molecule has 110 valence electrons. The average molecular weight is 279 g/mol. The van der Waals surface area contributed by atoms with E-state index in [1.165, 1.54) is 12.1 Å². The van der Waals surface area contributed by atoms with E-state index in [-0.39, 0.29) is 11.6 Å². The average Bonchev–Trinajstić information content (AvgIpc) is 2.37. The molecular weight excluding hydrogens is 258 g/mol. The summed E-state index contributed by atoms with van der Waals surface area (Å²) in [7, 11) is 3.95. The Balaban J connectivity index is 2.53. The van der Waals surface area contributed by atoms with Crippen LogP contribution in [0.4, 0.5) is 10.5 Å². The molecule has 6 nitrogen and oxygen atoms in total. The second kappa shape index (κ2) is 7.49. The monoisotopic (exact) mass is 279 g/mol. The maximum absolute atomic E-state index is 11.7. The highest BCUT2D eigenvalue weighted by Crippen LogP contribution is 2.16. The van der Waals surface area contributed by atoms with Crippen molar-refractivity contribution in [1.29, 1.82) is 0 Å². The number of nitrogens with one attached hydrogen (secondary N) is 2. The first-order valence-electron chi connectivity index (χ1n) is 6.43. The van der Waals surface area contributed by atoms with Crippen LogP contribution in [0.5, 0.6) is 0 Å². The van der Waals surface area contributed by atoms with Gasteiger partial charge in [0, 0.05) is 12.2 Å². The van der Waals surface area contributed by atoms with Crippen molar-refractivity contribution in [2.75, 3.05) is 32.5 Å². The van der Waals surface area contributed by atoms with E-state index in [9.17, 15) is 9.59 Å². The molecule has 0 fully saturated rings. The van der Waals surface area contributed by atoms with Crippen molar-refractivity contribution in [3.63, 3.8) is 0 Å². The maximum atomic E-state index is 11.7. The maximum Gasteiger partial charge on any atom is 0.335 e. The van der Waals surface area contributed by atoms with Gasteiger partial charge in [0.2, 0.25) is 0 Å². The number of urea groups is 1. The van der Waals surface area contributed by atoms with E-state index in [1.54, 1.807) is 6.07 Å². The molecule has 6 heteroatoms. The topological polar surface area (TPSA) is 81.7 Å². The predicted molar refractivity (Wildman–Crippen MR) is 78.3 cm³/mol. The van der Waals surface area contributed by atoms with Crippen molar-refractivity contribution < 1.29 is 14.7 Å². The number of anilines is 1. The highest BCUT2D eigenvalue weighted by Gasteiger charge is 2.08. The molecule has 1 aromatic rings. The van der Waals surface area contributed by atoms with E-state index in [2.05, 4.69) is 10.6 Å². The van der Waals surface area contributed by atoms with Gasteiger partial charge in [-0.05, 0) is 51.7 Å². The van der Waals surface area contributed by atoms with Gasteiger partial charge in [0.25, 0.3) is 0 Å². The molecule has 0 aromatic heterocycles.